The van der Waals surface area contributed by atoms with Crippen molar-refractivity contribution in [3.63, 3.8) is 0 Å². The number of hydrogen-bond donors (Lipinski definition) is 0. The molecule has 0 aliphatic rings. The van der Waals surface area contributed by atoms with Crippen molar-refractivity contribution >= 4 is 22.0 Å². The van der Waals surface area contributed by atoms with Gasteiger partial charge in [-0.15, -0.1) is 0 Å². The molecule has 0 nitrogen and oxygen atoms in total. The number of rotatable bonds is 13. The van der Waals surface area contributed by atoms with Crippen LogP contribution in [0.2, 0.25) is 13.3 Å². The van der Waals surface area contributed by atoms with Crippen LogP contribution >= 0.6 is 0 Å². The molecule has 2 heteroatoms. The summed E-state index contributed by atoms with van der Waals surface area (Å²) in [5, 5.41) is 0. The van der Waals surface area contributed by atoms with Gasteiger partial charge < -0.3 is 0 Å². The normalized spacial score (nSPS) is 11.7. The predicted octanol–water partition coefficient (Wildman–Crippen LogP) is 7.67. The van der Waals surface area contributed by atoms with E-state index in [2.05, 4.69) is 45.0 Å². The molecule has 0 N–H and O–H groups in total. The minimum absolute atomic E-state index is 0.150. The molecule has 0 aromatic heterocycles. The van der Waals surface area contributed by atoms with Gasteiger partial charge in [-0.1, -0.05) is 0 Å². The van der Waals surface area contributed by atoms with E-state index in [0.717, 1.165) is 12.8 Å². The Balaban J connectivity index is 2.12. The van der Waals surface area contributed by atoms with Crippen molar-refractivity contribution in [1.82, 2.24) is 0 Å². The standard InChI is InChI=1S/C14H12F.3C4H9.Sn/c15-14-10-8-13(9-11-14)7-6-12-4-2-1-3-5-12;3*1-3-4-2;/h2-5,8-11H,6-7H2;3*1,3-4H2,2H3;. The van der Waals surface area contributed by atoms with Crippen molar-refractivity contribution in [3.05, 3.63) is 65.5 Å². The van der Waals surface area contributed by atoms with Gasteiger partial charge >= 0.3 is 177 Å². The second-order valence-corrected chi connectivity index (χ2v) is 21.7. The quantitative estimate of drug-likeness (QED) is 0.254. The zero-order chi connectivity index (χ0) is 20.2. The van der Waals surface area contributed by atoms with Crippen LogP contribution in [0.25, 0.3) is 0 Å². The Labute approximate surface area is 176 Å². The van der Waals surface area contributed by atoms with Gasteiger partial charge in [0.2, 0.25) is 0 Å². The summed E-state index contributed by atoms with van der Waals surface area (Å²) < 4.78 is 19.4. The third kappa shape index (κ3) is 7.21. The topological polar surface area (TPSA) is 0 Å². The fourth-order valence-electron chi connectivity index (χ4n) is 4.32. The first-order valence-electron chi connectivity index (χ1n) is 11.5. The first-order chi connectivity index (χ1) is 13.6. The van der Waals surface area contributed by atoms with Crippen molar-refractivity contribution < 1.29 is 4.39 Å². The summed E-state index contributed by atoms with van der Waals surface area (Å²) in [6.07, 6.45) is 10.2. The fourth-order valence-corrected chi connectivity index (χ4v) is 20.2. The van der Waals surface area contributed by atoms with Gasteiger partial charge in [0.05, 0.1) is 0 Å². The molecule has 0 saturated heterocycles. The molecule has 0 heterocycles. The summed E-state index contributed by atoms with van der Waals surface area (Å²) in [5.41, 5.74) is 2.63. The molecule has 0 radical (unpaired) electrons. The van der Waals surface area contributed by atoms with E-state index in [1.807, 2.05) is 12.1 Å². The Bertz CT molecular complexity index is 638. The van der Waals surface area contributed by atoms with Crippen LogP contribution in [0.15, 0.2) is 48.5 Å². The Morgan fingerprint density at radius 1 is 0.607 bits per heavy atom. The molecular weight excluding hydrogens is 450 g/mol. The van der Waals surface area contributed by atoms with Crippen molar-refractivity contribution in [2.75, 3.05) is 0 Å². The van der Waals surface area contributed by atoms with Crippen LogP contribution in [0, 0.1) is 5.82 Å². The zero-order valence-electron chi connectivity index (χ0n) is 18.3. The van der Waals surface area contributed by atoms with Crippen molar-refractivity contribution in [3.8, 4) is 0 Å². The summed E-state index contributed by atoms with van der Waals surface area (Å²) in [6.45, 7) is 7.03. The second-order valence-electron chi connectivity index (χ2n) is 8.41. The summed E-state index contributed by atoms with van der Waals surface area (Å²) >= 11 is -2.29. The number of halogens is 1. The van der Waals surface area contributed by atoms with E-state index in [9.17, 15) is 4.39 Å². The van der Waals surface area contributed by atoms with E-state index >= 15 is 0 Å². The van der Waals surface area contributed by atoms with Gasteiger partial charge in [0.15, 0.2) is 0 Å². The van der Waals surface area contributed by atoms with E-state index in [4.69, 9.17) is 0 Å². The molecule has 0 unspecified atom stereocenters. The van der Waals surface area contributed by atoms with Crippen LogP contribution in [-0.2, 0) is 12.8 Å². The molecule has 154 valence electrons. The number of unbranched alkanes of at least 4 members (excludes halogenated alkanes) is 3. The molecule has 0 saturated carbocycles. The SMILES string of the molecule is CCC[CH2][Sn]([CH2]CCC)([CH2]CCC)[c]1ccc(CCc2ccc(F)cc2)cc1. The van der Waals surface area contributed by atoms with Gasteiger partial charge in [0.25, 0.3) is 0 Å². The first-order valence-corrected chi connectivity index (χ1v) is 19.0. The zero-order valence-corrected chi connectivity index (χ0v) is 21.1. The number of hydrogen-bond acceptors (Lipinski definition) is 0. The first kappa shape index (κ1) is 23.4. The van der Waals surface area contributed by atoms with E-state index in [1.165, 1.54) is 63.0 Å². The summed E-state index contributed by atoms with van der Waals surface area (Å²) in [4.78, 5) is 0. The maximum absolute atomic E-state index is 13.1. The van der Waals surface area contributed by atoms with Crippen LogP contribution in [0.5, 0.6) is 0 Å². The molecule has 0 bridgehead atoms. The second kappa shape index (κ2) is 12.7. The van der Waals surface area contributed by atoms with Crippen molar-refractivity contribution in [2.24, 2.45) is 0 Å². The summed E-state index contributed by atoms with van der Waals surface area (Å²) in [6, 6.07) is 16.7. The van der Waals surface area contributed by atoms with Gasteiger partial charge in [0, 0.05) is 0 Å². The molecule has 2 aromatic rings. The van der Waals surface area contributed by atoms with Crippen LogP contribution < -0.4 is 3.58 Å². The van der Waals surface area contributed by atoms with Crippen LogP contribution in [0.3, 0.4) is 0 Å². The van der Waals surface area contributed by atoms with Gasteiger partial charge in [-0.05, 0) is 0 Å². The molecule has 0 aliphatic heterocycles. The Morgan fingerprint density at radius 2 is 1.00 bits per heavy atom. The molecule has 28 heavy (non-hydrogen) atoms. The molecular formula is C26H39FSn. The van der Waals surface area contributed by atoms with E-state index in [1.54, 1.807) is 15.7 Å². The molecule has 0 aliphatic carbocycles. The average Bonchev–Trinajstić information content (AvgIpc) is 2.73. The van der Waals surface area contributed by atoms with Crippen LogP contribution in [0.4, 0.5) is 4.39 Å². The van der Waals surface area contributed by atoms with Crippen LogP contribution in [-0.4, -0.2) is 18.4 Å². The third-order valence-electron chi connectivity index (χ3n) is 6.21. The monoisotopic (exact) mass is 490 g/mol. The van der Waals surface area contributed by atoms with E-state index in [-0.39, 0.29) is 5.82 Å². The molecule has 2 aromatic carbocycles. The molecule has 0 atom stereocenters. The minimum atomic E-state index is -2.29. The Hall–Kier alpha value is -0.831. The van der Waals surface area contributed by atoms with Gasteiger partial charge in [-0.2, -0.15) is 0 Å². The average molecular weight is 489 g/mol. The third-order valence-corrected chi connectivity index (χ3v) is 21.9. The van der Waals surface area contributed by atoms with Gasteiger partial charge in [0.1, 0.15) is 0 Å². The van der Waals surface area contributed by atoms with Crippen molar-refractivity contribution in [2.45, 2.75) is 85.4 Å². The number of aryl methyl sites for hydroxylation is 2. The number of benzene rings is 2. The maximum atomic E-state index is 13.1. The Kier molecular flexibility index (Phi) is 10.6. The van der Waals surface area contributed by atoms with Crippen molar-refractivity contribution in [1.29, 1.82) is 0 Å². The molecule has 2 rings (SSSR count). The van der Waals surface area contributed by atoms with Gasteiger partial charge in [-0.3, -0.25) is 0 Å². The van der Waals surface area contributed by atoms with E-state index < -0.39 is 18.4 Å². The molecule has 0 fully saturated rings. The summed E-state index contributed by atoms with van der Waals surface area (Å²) in [7, 11) is 0. The molecule has 0 amide bonds. The predicted molar refractivity (Wildman–Crippen MR) is 125 cm³/mol. The molecule has 0 spiro atoms. The van der Waals surface area contributed by atoms with E-state index in [0.29, 0.717) is 0 Å². The van der Waals surface area contributed by atoms with Gasteiger partial charge in [-0.25, -0.2) is 0 Å². The van der Waals surface area contributed by atoms with Crippen LogP contribution in [0.1, 0.15) is 70.4 Å². The summed E-state index contributed by atoms with van der Waals surface area (Å²) in [5.74, 6) is -0.150. The Morgan fingerprint density at radius 3 is 1.39 bits per heavy atom. The fraction of sp³-hybridized carbons (Fsp3) is 0.538.